The van der Waals surface area contributed by atoms with Crippen LogP contribution in [0.3, 0.4) is 0 Å². The smallest absolute Gasteiger partial charge is 0.00957 e. The van der Waals surface area contributed by atoms with E-state index >= 15 is 0 Å². The Kier molecular flexibility index (Phi) is 7.07. The van der Waals surface area contributed by atoms with Gasteiger partial charge in [0.05, 0.1) is 0 Å². The fourth-order valence-electron chi connectivity index (χ4n) is 5.30. The highest BCUT2D eigenvalue weighted by Crippen LogP contribution is 2.30. The van der Waals surface area contributed by atoms with Crippen molar-refractivity contribution in [1.29, 1.82) is 0 Å². The van der Waals surface area contributed by atoms with E-state index < -0.39 is 0 Å². The van der Waals surface area contributed by atoms with Crippen LogP contribution in [-0.4, -0.2) is 25.2 Å². The highest BCUT2D eigenvalue weighted by Gasteiger charge is 2.26. The van der Waals surface area contributed by atoms with Gasteiger partial charge in [-0.3, -0.25) is 0 Å². The average Bonchev–Trinajstić information content (AvgIpc) is 3.31. The van der Waals surface area contributed by atoms with E-state index in [9.17, 15) is 0 Å². The SMILES string of the molecule is C1CCC([C@H]2CCCN2)CC1.C1CCC([C@H]2CCCN2)CC1. The molecule has 0 aromatic carbocycles. The largest absolute Gasteiger partial charge is 0.314 e. The lowest BCUT2D eigenvalue weighted by atomic mass is 9.83. The summed E-state index contributed by atoms with van der Waals surface area (Å²) < 4.78 is 0. The minimum absolute atomic E-state index is 0.898. The lowest BCUT2D eigenvalue weighted by Crippen LogP contribution is -2.31. The molecule has 2 aliphatic carbocycles. The van der Waals surface area contributed by atoms with Gasteiger partial charge in [0.15, 0.2) is 0 Å². The molecule has 2 heteroatoms. The van der Waals surface area contributed by atoms with Crippen molar-refractivity contribution in [3.63, 3.8) is 0 Å². The standard InChI is InChI=1S/2C10H19N/c2*1-2-5-9(6-3-1)10-7-4-8-11-10/h2*9-11H,1-8H2/t2*10-/m11/s1. The molecule has 2 saturated heterocycles. The van der Waals surface area contributed by atoms with Gasteiger partial charge in [-0.25, -0.2) is 0 Å². The Bertz CT molecular complexity index is 250. The van der Waals surface area contributed by atoms with Crippen LogP contribution in [-0.2, 0) is 0 Å². The van der Waals surface area contributed by atoms with Crippen molar-refractivity contribution in [1.82, 2.24) is 10.6 Å². The predicted molar refractivity (Wildman–Crippen MR) is 95.2 cm³/mol. The number of nitrogens with one attached hydrogen (secondary N) is 2. The van der Waals surface area contributed by atoms with E-state index in [1.165, 1.54) is 103 Å². The Hall–Kier alpha value is -0.0800. The zero-order chi connectivity index (χ0) is 15.0. The van der Waals surface area contributed by atoms with Crippen molar-refractivity contribution >= 4 is 0 Å². The fourth-order valence-corrected chi connectivity index (χ4v) is 5.30. The van der Waals surface area contributed by atoms with Gasteiger partial charge < -0.3 is 10.6 Å². The molecule has 0 aromatic heterocycles. The molecule has 22 heavy (non-hydrogen) atoms. The van der Waals surface area contributed by atoms with Gasteiger partial charge in [-0.05, 0) is 76.3 Å². The Balaban J connectivity index is 0.000000131. The van der Waals surface area contributed by atoms with E-state index in [-0.39, 0.29) is 0 Å². The van der Waals surface area contributed by atoms with E-state index in [0.717, 1.165) is 23.9 Å². The van der Waals surface area contributed by atoms with E-state index in [0.29, 0.717) is 0 Å². The van der Waals surface area contributed by atoms with Gasteiger partial charge in [0.1, 0.15) is 0 Å². The molecule has 2 N–H and O–H groups in total. The summed E-state index contributed by atoms with van der Waals surface area (Å²) >= 11 is 0. The molecule has 4 fully saturated rings. The summed E-state index contributed by atoms with van der Waals surface area (Å²) in [7, 11) is 0. The summed E-state index contributed by atoms with van der Waals surface area (Å²) in [5.41, 5.74) is 0. The van der Waals surface area contributed by atoms with Gasteiger partial charge in [-0.2, -0.15) is 0 Å². The van der Waals surface area contributed by atoms with Gasteiger partial charge in [-0.15, -0.1) is 0 Å². The molecular weight excluding hydrogens is 268 g/mol. The number of rotatable bonds is 2. The first kappa shape index (κ1) is 16.8. The Morgan fingerprint density at radius 3 is 1.14 bits per heavy atom. The second kappa shape index (κ2) is 9.27. The van der Waals surface area contributed by atoms with Crippen molar-refractivity contribution < 1.29 is 0 Å². The molecule has 2 atom stereocenters. The monoisotopic (exact) mass is 306 g/mol. The van der Waals surface area contributed by atoms with Crippen molar-refractivity contribution in [2.24, 2.45) is 11.8 Å². The fraction of sp³-hybridized carbons (Fsp3) is 1.00. The van der Waals surface area contributed by atoms with E-state index in [1.54, 1.807) is 0 Å². The van der Waals surface area contributed by atoms with Crippen LogP contribution >= 0.6 is 0 Å². The Labute approximate surface area is 138 Å². The van der Waals surface area contributed by atoms with E-state index in [2.05, 4.69) is 10.6 Å². The van der Waals surface area contributed by atoms with Crippen LogP contribution < -0.4 is 10.6 Å². The van der Waals surface area contributed by atoms with Gasteiger partial charge in [0.25, 0.3) is 0 Å². The number of hydrogen-bond donors (Lipinski definition) is 2. The van der Waals surface area contributed by atoms with Gasteiger partial charge in [0, 0.05) is 12.1 Å². The number of hydrogen-bond acceptors (Lipinski definition) is 2. The summed E-state index contributed by atoms with van der Waals surface area (Å²) in [5.74, 6) is 2.07. The molecule has 128 valence electrons. The van der Waals surface area contributed by atoms with Crippen LogP contribution in [0.5, 0.6) is 0 Å². The van der Waals surface area contributed by atoms with Crippen molar-refractivity contribution in [3.8, 4) is 0 Å². The quantitative estimate of drug-likeness (QED) is 0.777. The zero-order valence-corrected chi connectivity index (χ0v) is 14.6. The topological polar surface area (TPSA) is 24.1 Å². The average molecular weight is 307 g/mol. The molecule has 0 radical (unpaired) electrons. The van der Waals surface area contributed by atoms with Crippen LogP contribution in [0, 0.1) is 11.8 Å². The highest BCUT2D eigenvalue weighted by atomic mass is 14.9. The molecule has 2 heterocycles. The zero-order valence-electron chi connectivity index (χ0n) is 14.6. The Morgan fingerprint density at radius 2 is 0.818 bits per heavy atom. The normalized spacial score (nSPS) is 34.4. The van der Waals surface area contributed by atoms with Gasteiger partial charge in [-0.1, -0.05) is 38.5 Å². The van der Waals surface area contributed by atoms with Crippen LogP contribution in [0.4, 0.5) is 0 Å². The van der Waals surface area contributed by atoms with E-state index in [4.69, 9.17) is 0 Å². The first-order chi connectivity index (χ1) is 10.9. The van der Waals surface area contributed by atoms with Crippen LogP contribution in [0.25, 0.3) is 0 Å². The molecule has 2 aliphatic heterocycles. The maximum absolute atomic E-state index is 3.63. The minimum atomic E-state index is 0.898. The lowest BCUT2D eigenvalue weighted by Gasteiger charge is -2.27. The van der Waals surface area contributed by atoms with Crippen molar-refractivity contribution in [2.75, 3.05) is 13.1 Å². The minimum Gasteiger partial charge on any atom is -0.314 e. The van der Waals surface area contributed by atoms with Crippen molar-refractivity contribution in [2.45, 2.75) is 102 Å². The maximum atomic E-state index is 3.63. The molecular formula is C20H38N2. The Morgan fingerprint density at radius 1 is 0.409 bits per heavy atom. The third-order valence-electron chi connectivity index (χ3n) is 6.63. The molecule has 2 nitrogen and oxygen atoms in total. The van der Waals surface area contributed by atoms with E-state index in [1.807, 2.05) is 0 Å². The molecule has 0 unspecified atom stereocenters. The maximum Gasteiger partial charge on any atom is 0.00957 e. The molecule has 0 amide bonds. The van der Waals surface area contributed by atoms with Crippen LogP contribution in [0.1, 0.15) is 89.9 Å². The first-order valence-corrected chi connectivity index (χ1v) is 10.4. The summed E-state index contributed by atoms with van der Waals surface area (Å²) in [6, 6.07) is 1.80. The molecule has 0 spiro atoms. The van der Waals surface area contributed by atoms with Gasteiger partial charge in [0.2, 0.25) is 0 Å². The summed E-state index contributed by atoms with van der Waals surface area (Å²) in [6.45, 7) is 2.56. The summed E-state index contributed by atoms with van der Waals surface area (Å²) in [4.78, 5) is 0. The molecule has 0 aromatic rings. The molecule has 2 saturated carbocycles. The summed E-state index contributed by atoms with van der Waals surface area (Å²) in [5, 5.41) is 7.25. The van der Waals surface area contributed by atoms with Crippen LogP contribution in [0.15, 0.2) is 0 Å². The third-order valence-corrected chi connectivity index (χ3v) is 6.63. The van der Waals surface area contributed by atoms with Crippen LogP contribution in [0.2, 0.25) is 0 Å². The molecule has 0 bridgehead atoms. The van der Waals surface area contributed by atoms with Crippen molar-refractivity contribution in [3.05, 3.63) is 0 Å². The van der Waals surface area contributed by atoms with Gasteiger partial charge >= 0.3 is 0 Å². The third kappa shape index (κ3) is 4.96. The second-order valence-corrected chi connectivity index (χ2v) is 8.20. The highest BCUT2D eigenvalue weighted by molar-refractivity contribution is 4.84. The molecule has 4 rings (SSSR count). The summed E-state index contributed by atoms with van der Waals surface area (Å²) in [6.07, 6.45) is 20.7. The second-order valence-electron chi connectivity index (χ2n) is 8.20. The lowest BCUT2D eigenvalue weighted by molar-refractivity contribution is 0.287. The predicted octanol–water partition coefficient (Wildman–Crippen LogP) is 4.64. The molecule has 4 aliphatic rings. The first-order valence-electron chi connectivity index (χ1n) is 10.4.